The molecule has 0 aliphatic heterocycles. The second-order valence-electron chi connectivity index (χ2n) is 6.07. The first-order valence-electron chi connectivity index (χ1n) is 8.80. The molecule has 2 rings (SSSR count). The highest BCUT2D eigenvalue weighted by atomic mass is 35.5. The lowest BCUT2D eigenvalue weighted by Crippen LogP contribution is -2.30. The lowest BCUT2D eigenvalue weighted by Gasteiger charge is -2.08. The Hall–Kier alpha value is -2.31. The van der Waals surface area contributed by atoms with Crippen molar-refractivity contribution in [2.45, 2.75) is 25.8 Å². The van der Waals surface area contributed by atoms with Crippen LogP contribution in [-0.2, 0) is 16.1 Å². The number of nitrogens with one attached hydrogen (secondary N) is 2. The van der Waals surface area contributed by atoms with Gasteiger partial charge in [0.1, 0.15) is 11.6 Å². The van der Waals surface area contributed by atoms with Crippen molar-refractivity contribution < 1.29 is 18.7 Å². The molecule has 2 amide bonds. The van der Waals surface area contributed by atoms with E-state index >= 15 is 0 Å². The zero-order chi connectivity index (χ0) is 20.4. The van der Waals surface area contributed by atoms with Crippen molar-refractivity contribution >= 4 is 35.0 Å². The van der Waals surface area contributed by atoms with E-state index in [9.17, 15) is 14.0 Å². The van der Waals surface area contributed by atoms with Crippen LogP contribution in [0.2, 0.25) is 10.0 Å². The van der Waals surface area contributed by atoms with Gasteiger partial charge in [-0.1, -0.05) is 35.3 Å². The van der Waals surface area contributed by atoms with Gasteiger partial charge >= 0.3 is 0 Å². The average Bonchev–Trinajstić information content (AvgIpc) is 2.68. The minimum absolute atomic E-state index is 0.00555. The first kappa shape index (κ1) is 22.0. The van der Waals surface area contributed by atoms with Crippen molar-refractivity contribution in [3.05, 3.63) is 63.9 Å². The monoisotopic (exact) mass is 426 g/mol. The van der Waals surface area contributed by atoms with Crippen LogP contribution >= 0.6 is 23.2 Å². The van der Waals surface area contributed by atoms with Crippen molar-refractivity contribution in [2.24, 2.45) is 0 Å². The molecule has 0 bridgehead atoms. The molecule has 0 spiro atoms. The Bertz CT molecular complexity index is 801. The van der Waals surface area contributed by atoms with Crippen LogP contribution in [0, 0.1) is 5.82 Å². The van der Waals surface area contributed by atoms with Gasteiger partial charge in [-0.25, -0.2) is 4.39 Å². The van der Waals surface area contributed by atoms with E-state index in [1.54, 1.807) is 12.1 Å². The molecule has 0 aromatic heterocycles. The smallest absolute Gasteiger partial charge is 0.257 e. The van der Waals surface area contributed by atoms with Gasteiger partial charge in [0.05, 0.1) is 5.02 Å². The number of hydrogen-bond donors (Lipinski definition) is 2. The second kappa shape index (κ2) is 11.5. The molecule has 150 valence electrons. The summed E-state index contributed by atoms with van der Waals surface area (Å²) in [4.78, 5) is 23.5. The highest BCUT2D eigenvalue weighted by Crippen LogP contribution is 2.20. The Balaban J connectivity index is 1.53. The standard InChI is InChI=1S/C20H21Cl2FN2O3/c21-15-6-4-14(5-7-15)12-25-19(26)3-1-2-10-24-20(27)13-28-16-8-9-17(22)18(23)11-16/h4-9,11H,1-3,10,12-13H2,(H,24,27)(H,25,26). The molecule has 0 fully saturated rings. The van der Waals surface area contributed by atoms with E-state index in [1.807, 2.05) is 12.1 Å². The Morgan fingerprint density at radius 3 is 2.43 bits per heavy atom. The zero-order valence-corrected chi connectivity index (χ0v) is 16.7. The third kappa shape index (κ3) is 8.15. The average molecular weight is 427 g/mol. The second-order valence-corrected chi connectivity index (χ2v) is 6.92. The number of carbonyl (C=O) groups excluding carboxylic acids is 2. The zero-order valence-electron chi connectivity index (χ0n) is 15.1. The lowest BCUT2D eigenvalue weighted by molar-refractivity contribution is -0.123. The van der Waals surface area contributed by atoms with Crippen LogP contribution < -0.4 is 15.4 Å². The van der Waals surface area contributed by atoms with Gasteiger partial charge in [0, 0.05) is 30.6 Å². The lowest BCUT2D eigenvalue weighted by atomic mass is 10.2. The first-order chi connectivity index (χ1) is 13.4. The number of unbranched alkanes of at least 4 members (excludes halogenated alkanes) is 1. The summed E-state index contributed by atoms with van der Waals surface area (Å²) in [6.07, 6.45) is 1.69. The van der Waals surface area contributed by atoms with E-state index in [0.29, 0.717) is 37.4 Å². The third-order valence-electron chi connectivity index (χ3n) is 3.82. The van der Waals surface area contributed by atoms with Crippen molar-refractivity contribution in [2.75, 3.05) is 13.2 Å². The van der Waals surface area contributed by atoms with Crippen LogP contribution in [0.3, 0.4) is 0 Å². The van der Waals surface area contributed by atoms with Gasteiger partial charge in [0.15, 0.2) is 6.61 Å². The molecular formula is C20H21Cl2FN2O3. The largest absolute Gasteiger partial charge is 0.484 e. The molecule has 2 aromatic carbocycles. The number of halogens is 3. The molecule has 0 heterocycles. The Kier molecular flexibility index (Phi) is 9.04. The molecule has 2 N–H and O–H groups in total. The van der Waals surface area contributed by atoms with Gasteiger partial charge in [0.2, 0.25) is 5.91 Å². The maximum Gasteiger partial charge on any atom is 0.257 e. The summed E-state index contributed by atoms with van der Waals surface area (Å²) >= 11 is 11.4. The Labute approximate surface area is 173 Å². The SMILES string of the molecule is O=C(CCCCNC(=O)COc1ccc(Cl)c(F)c1)NCc1ccc(Cl)cc1. The molecule has 5 nitrogen and oxygen atoms in total. The van der Waals surface area contributed by atoms with Gasteiger partial charge in [-0.15, -0.1) is 0 Å². The fourth-order valence-corrected chi connectivity index (χ4v) is 2.54. The number of benzene rings is 2. The van der Waals surface area contributed by atoms with E-state index in [-0.39, 0.29) is 29.2 Å². The van der Waals surface area contributed by atoms with Crippen LogP contribution in [0.15, 0.2) is 42.5 Å². The first-order valence-corrected chi connectivity index (χ1v) is 9.55. The molecule has 0 aliphatic rings. The molecule has 28 heavy (non-hydrogen) atoms. The fraction of sp³-hybridized carbons (Fsp3) is 0.300. The van der Waals surface area contributed by atoms with Gasteiger partial charge in [-0.05, 0) is 42.7 Å². The molecule has 0 saturated heterocycles. The molecule has 0 unspecified atom stereocenters. The summed E-state index contributed by atoms with van der Waals surface area (Å²) in [5.74, 6) is -0.736. The van der Waals surface area contributed by atoms with Gasteiger partial charge < -0.3 is 15.4 Å². The predicted molar refractivity (Wildman–Crippen MR) is 107 cm³/mol. The molecule has 2 aromatic rings. The summed E-state index contributed by atoms with van der Waals surface area (Å²) in [7, 11) is 0. The molecule has 0 radical (unpaired) electrons. The van der Waals surface area contributed by atoms with E-state index in [2.05, 4.69) is 10.6 Å². The summed E-state index contributed by atoms with van der Waals surface area (Å²) in [5, 5.41) is 6.17. The van der Waals surface area contributed by atoms with E-state index in [0.717, 1.165) is 11.6 Å². The summed E-state index contributed by atoms with van der Waals surface area (Å²) in [5.41, 5.74) is 0.977. The molecule has 0 aliphatic carbocycles. The molecular weight excluding hydrogens is 406 g/mol. The Morgan fingerprint density at radius 2 is 1.71 bits per heavy atom. The molecule has 0 saturated carbocycles. The molecule has 8 heteroatoms. The number of rotatable bonds is 10. The van der Waals surface area contributed by atoms with Crippen LogP contribution in [-0.4, -0.2) is 25.0 Å². The Morgan fingerprint density at radius 1 is 0.964 bits per heavy atom. The number of ether oxygens (including phenoxy) is 1. The van der Waals surface area contributed by atoms with E-state index in [4.69, 9.17) is 27.9 Å². The van der Waals surface area contributed by atoms with E-state index in [1.165, 1.54) is 12.1 Å². The highest BCUT2D eigenvalue weighted by molar-refractivity contribution is 6.30. The van der Waals surface area contributed by atoms with Crippen LogP contribution in [0.5, 0.6) is 5.75 Å². The van der Waals surface area contributed by atoms with Crippen molar-refractivity contribution in [1.29, 1.82) is 0 Å². The van der Waals surface area contributed by atoms with Crippen LogP contribution in [0.25, 0.3) is 0 Å². The number of hydrogen-bond acceptors (Lipinski definition) is 3. The quantitative estimate of drug-likeness (QED) is 0.561. The van der Waals surface area contributed by atoms with E-state index < -0.39 is 5.82 Å². The van der Waals surface area contributed by atoms with Crippen molar-refractivity contribution in [3.63, 3.8) is 0 Å². The predicted octanol–water partition coefficient (Wildman–Crippen LogP) is 4.11. The summed E-state index contributed by atoms with van der Waals surface area (Å²) < 4.78 is 18.5. The molecule has 0 atom stereocenters. The maximum atomic E-state index is 13.3. The van der Waals surface area contributed by atoms with Crippen molar-refractivity contribution in [1.82, 2.24) is 10.6 Å². The van der Waals surface area contributed by atoms with Gasteiger partial charge in [0.25, 0.3) is 5.91 Å². The van der Waals surface area contributed by atoms with Gasteiger partial charge in [-0.3, -0.25) is 9.59 Å². The number of carbonyl (C=O) groups is 2. The van der Waals surface area contributed by atoms with Crippen LogP contribution in [0.4, 0.5) is 4.39 Å². The summed E-state index contributed by atoms with van der Waals surface area (Å²) in [6, 6.07) is 11.2. The summed E-state index contributed by atoms with van der Waals surface area (Å²) in [6.45, 7) is 0.666. The van der Waals surface area contributed by atoms with Gasteiger partial charge in [-0.2, -0.15) is 0 Å². The highest BCUT2D eigenvalue weighted by Gasteiger charge is 2.06. The third-order valence-corrected chi connectivity index (χ3v) is 4.38. The van der Waals surface area contributed by atoms with Crippen molar-refractivity contribution in [3.8, 4) is 5.75 Å². The van der Waals surface area contributed by atoms with Crippen LogP contribution in [0.1, 0.15) is 24.8 Å². The number of amides is 2. The minimum Gasteiger partial charge on any atom is -0.484 e. The maximum absolute atomic E-state index is 13.3. The fourth-order valence-electron chi connectivity index (χ4n) is 2.30. The normalized spacial score (nSPS) is 10.4. The minimum atomic E-state index is -0.603. The topological polar surface area (TPSA) is 67.4 Å².